The van der Waals surface area contributed by atoms with Crippen LogP contribution in [0.25, 0.3) is 0 Å². The van der Waals surface area contributed by atoms with Gasteiger partial charge in [0.25, 0.3) is 0 Å². The van der Waals surface area contributed by atoms with Gasteiger partial charge in [-0.2, -0.15) is 0 Å². The molecule has 8 nitrogen and oxygen atoms in total. The van der Waals surface area contributed by atoms with E-state index in [1.165, 1.54) is 16.4 Å². The van der Waals surface area contributed by atoms with Gasteiger partial charge in [-0.1, -0.05) is 25.0 Å². The van der Waals surface area contributed by atoms with E-state index in [1.54, 1.807) is 6.07 Å². The Hall–Kier alpha value is -2.97. The van der Waals surface area contributed by atoms with Gasteiger partial charge in [0.2, 0.25) is 15.9 Å². The molecule has 3 N–H and O–H groups in total. The number of hydrogen-bond acceptors (Lipinski definition) is 6. The number of amides is 1. The number of nitrogens with zero attached hydrogens (tertiary/aromatic N) is 1. The molecule has 2 bridgehead atoms. The van der Waals surface area contributed by atoms with Gasteiger partial charge in [0.05, 0.1) is 24.5 Å². The van der Waals surface area contributed by atoms with Crippen LogP contribution in [0.2, 0.25) is 0 Å². The molecule has 2 aromatic rings. The SMILES string of the molecule is C#Cc1cccc(C2(NC[C@@H](O)[C@@H]3Cc4cc(F)cc(c4)OCCCCN(CCC)S(=O)(=O)CCC(=O)N3)CC2)c1. The van der Waals surface area contributed by atoms with Gasteiger partial charge in [-0.05, 0) is 73.9 Å². The summed E-state index contributed by atoms with van der Waals surface area (Å²) in [6.07, 6.45) is 8.03. The lowest BCUT2D eigenvalue weighted by Crippen LogP contribution is -2.50. The first-order valence-corrected chi connectivity index (χ1v) is 15.9. The Morgan fingerprint density at radius 1 is 1.27 bits per heavy atom. The number of carbonyl (C=O) groups excluding carboxylic acids is 1. The average Bonchev–Trinajstić information content (AvgIpc) is 3.74. The first-order valence-electron chi connectivity index (χ1n) is 14.3. The van der Waals surface area contributed by atoms with Gasteiger partial charge in [-0.3, -0.25) is 4.79 Å². The Morgan fingerprint density at radius 2 is 2.07 bits per heavy atom. The zero-order chi connectivity index (χ0) is 29.5. The molecule has 1 saturated carbocycles. The van der Waals surface area contributed by atoms with Crippen LogP contribution in [0.3, 0.4) is 0 Å². The molecule has 41 heavy (non-hydrogen) atoms. The second-order valence-corrected chi connectivity index (χ2v) is 13.0. The fraction of sp³-hybridized carbons (Fsp3) is 0.516. The third-order valence-corrected chi connectivity index (χ3v) is 9.57. The molecule has 1 aliphatic heterocycles. The van der Waals surface area contributed by atoms with Crippen LogP contribution in [0.1, 0.15) is 62.1 Å². The summed E-state index contributed by atoms with van der Waals surface area (Å²) in [4.78, 5) is 13.0. The van der Waals surface area contributed by atoms with Gasteiger partial charge in [0.15, 0.2) is 0 Å². The van der Waals surface area contributed by atoms with E-state index in [9.17, 15) is 22.7 Å². The van der Waals surface area contributed by atoms with E-state index in [2.05, 4.69) is 16.6 Å². The third-order valence-electron chi connectivity index (χ3n) is 7.70. The minimum absolute atomic E-state index is 0.136. The Morgan fingerprint density at radius 3 is 2.80 bits per heavy atom. The summed E-state index contributed by atoms with van der Waals surface area (Å²) in [6, 6.07) is 11.3. The highest BCUT2D eigenvalue weighted by Gasteiger charge is 2.44. The molecular weight excluding hydrogens is 545 g/mol. The second kappa shape index (κ2) is 13.8. The monoisotopic (exact) mass is 585 g/mol. The molecule has 0 aromatic heterocycles. The number of terminal acetylenes is 1. The van der Waals surface area contributed by atoms with E-state index >= 15 is 0 Å². The highest BCUT2D eigenvalue weighted by atomic mass is 32.2. The van der Waals surface area contributed by atoms with Crippen molar-refractivity contribution in [3.63, 3.8) is 0 Å². The normalized spacial score (nSPS) is 22.1. The maximum absolute atomic E-state index is 14.5. The number of halogens is 1. The summed E-state index contributed by atoms with van der Waals surface area (Å²) in [7, 11) is -3.64. The van der Waals surface area contributed by atoms with Crippen molar-refractivity contribution < 1.29 is 27.4 Å². The van der Waals surface area contributed by atoms with Gasteiger partial charge >= 0.3 is 0 Å². The lowest BCUT2D eigenvalue weighted by Gasteiger charge is -2.28. The average molecular weight is 586 g/mol. The van der Waals surface area contributed by atoms with E-state index in [0.29, 0.717) is 50.3 Å². The molecule has 2 aliphatic rings. The zero-order valence-electron chi connectivity index (χ0n) is 23.6. The zero-order valence-corrected chi connectivity index (χ0v) is 24.4. The molecule has 2 atom stereocenters. The summed E-state index contributed by atoms with van der Waals surface area (Å²) in [6.45, 7) is 3.08. The summed E-state index contributed by atoms with van der Waals surface area (Å²) < 4.78 is 47.7. The number of aliphatic hydroxyl groups excluding tert-OH is 1. The van der Waals surface area contributed by atoms with Crippen molar-refractivity contribution in [3.8, 4) is 18.1 Å². The van der Waals surface area contributed by atoms with Crippen LogP contribution in [0.15, 0.2) is 42.5 Å². The molecule has 0 radical (unpaired) electrons. The van der Waals surface area contributed by atoms with Gasteiger partial charge in [0, 0.05) is 43.2 Å². The van der Waals surface area contributed by atoms with Crippen molar-refractivity contribution in [2.75, 3.05) is 32.0 Å². The largest absolute Gasteiger partial charge is 0.493 e. The van der Waals surface area contributed by atoms with Crippen LogP contribution in [0.4, 0.5) is 4.39 Å². The standard InChI is InChI=1S/C31H40FN3O5S/c1-3-13-35-14-5-6-15-40-27-19-24(18-26(32)21-27)20-28(34-30(37)10-16-41(35,38)39)29(36)22-33-31(11-12-31)25-9-7-8-23(4-2)17-25/h2,7-9,17-19,21,28-29,33,36H,3,5-6,10-16,20,22H2,1H3,(H,34,37)/t28-,29+/m0/s1. The van der Waals surface area contributed by atoms with Crippen molar-refractivity contribution in [2.24, 2.45) is 0 Å². The number of aliphatic hydroxyl groups is 1. The van der Waals surface area contributed by atoms with Crippen LogP contribution < -0.4 is 15.4 Å². The van der Waals surface area contributed by atoms with Crippen LogP contribution >= 0.6 is 0 Å². The van der Waals surface area contributed by atoms with Crippen LogP contribution in [0.5, 0.6) is 5.75 Å². The highest BCUT2D eigenvalue weighted by molar-refractivity contribution is 7.89. The molecule has 4 rings (SSSR count). The minimum Gasteiger partial charge on any atom is -0.493 e. The number of rotatable bonds is 7. The number of sulfonamides is 1. The summed E-state index contributed by atoms with van der Waals surface area (Å²) in [5.74, 6) is 1.72. The van der Waals surface area contributed by atoms with Crippen LogP contribution in [0, 0.1) is 18.2 Å². The van der Waals surface area contributed by atoms with Crippen molar-refractivity contribution in [3.05, 3.63) is 65.0 Å². The van der Waals surface area contributed by atoms with Crippen molar-refractivity contribution in [2.45, 2.75) is 69.6 Å². The first kappa shape index (κ1) is 31.0. The Bertz CT molecular complexity index is 1360. The summed E-state index contributed by atoms with van der Waals surface area (Å²) in [5.41, 5.74) is 2.06. The van der Waals surface area contributed by atoms with Crippen LogP contribution in [-0.4, -0.2) is 67.9 Å². The number of carbonyl (C=O) groups is 1. The van der Waals surface area contributed by atoms with E-state index in [-0.39, 0.29) is 30.7 Å². The molecule has 1 aliphatic carbocycles. The lowest BCUT2D eigenvalue weighted by atomic mass is 9.98. The fourth-order valence-electron chi connectivity index (χ4n) is 5.25. The van der Waals surface area contributed by atoms with Gasteiger partial charge < -0.3 is 20.5 Å². The Labute approximate surface area is 242 Å². The Balaban J connectivity index is 1.53. The molecule has 1 fully saturated rings. The maximum Gasteiger partial charge on any atom is 0.221 e. The molecule has 0 spiro atoms. The predicted octanol–water partition coefficient (Wildman–Crippen LogP) is 3.08. The maximum atomic E-state index is 14.5. The van der Waals surface area contributed by atoms with Gasteiger partial charge in [0.1, 0.15) is 11.6 Å². The fourth-order valence-corrected chi connectivity index (χ4v) is 6.82. The van der Waals surface area contributed by atoms with E-state index in [4.69, 9.17) is 11.2 Å². The van der Waals surface area contributed by atoms with Gasteiger partial charge in [-0.25, -0.2) is 17.1 Å². The second-order valence-electron chi connectivity index (χ2n) is 10.9. The molecule has 1 amide bonds. The molecule has 222 valence electrons. The molecule has 0 saturated heterocycles. The molecule has 0 unspecified atom stereocenters. The first-order chi connectivity index (χ1) is 19.6. The van der Waals surface area contributed by atoms with Crippen molar-refractivity contribution in [1.82, 2.24) is 14.9 Å². The summed E-state index contributed by atoms with van der Waals surface area (Å²) in [5, 5.41) is 17.5. The van der Waals surface area contributed by atoms with Crippen molar-refractivity contribution >= 4 is 15.9 Å². The van der Waals surface area contributed by atoms with Gasteiger partial charge in [-0.15, -0.1) is 6.42 Å². The molecular formula is C31H40FN3O5S. The smallest absolute Gasteiger partial charge is 0.221 e. The third kappa shape index (κ3) is 8.52. The number of fused-ring (bicyclic) bond motifs is 2. The number of benzene rings is 2. The number of hydrogen-bond donors (Lipinski definition) is 3. The lowest BCUT2D eigenvalue weighted by molar-refractivity contribution is -0.122. The van der Waals surface area contributed by atoms with Crippen molar-refractivity contribution in [1.29, 1.82) is 0 Å². The van der Waals surface area contributed by atoms with Crippen LogP contribution in [-0.2, 0) is 26.8 Å². The Kier molecular flexibility index (Phi) is 10.4. The summed E-state index contributed by atoms with van der Waals surface area (Å²) >= 11 is 0. The molecule has 2 aromatic carbocycles. The van der Waals surface area contributed by atoms with E-state index in [1.807, 2.05) is 31.2 Å². The number of nitrogens with one attached hydrogen (secondary N) is 2. The van der Waals surface area contributed by atoms with E-state index in [0.717, 1.165) is 24.0 Å². The highest BCUT2D eigenvalue weighted by Crippen LogP contribution is 2.45. The quantitative estimate of drug-likeness (QED) is 0.431. The number of ether oxygens (including phenoxy) is 1. The topological polar surface area (TPSA) is 108 Å². The molecule has 1 heterocycles. The van der Waals surface area contributed by atoms with E-state index < -0.39 is 33.9 Å². The molecule has 10 heteroatoms. The minimum atomic E-state index is -3.64. The predicted molar refractivity (Wildman–Crippen MR) is 156 cm³/mol.